The summed E-state index contributed by atoms with van der Waals surface area (Å²) in [6, 6.07) is 14.6. The highest BCUT2D eigenvalue weighted by atomic mass is 35.5. The highest BCUT2D eigenvalue weighted by molar-refractivity contribution is 8.18. The minimum Gasteiger partial charge on any atom is -0.482 e. The second kappa shape index (κ2) is 9.62. The Bertz CT molecular complexity index is 976. The Morgan fingerprint density at radius 1 is 1.28 bits per heavy atom. The van der Waals surface area contributed by atoms with Crippen molar-refractivity contribution >= 4 is 52.1 Å². The van der Waals surface area contributed by atoms with Gasteiger partial charge in [0.25, 0.3) is 11.8 Å². The quantitative estimate of drug-likeness (QED) is 0.668. The molecule has 0 aromatic heterocycles. The van der Waals surface area contributed by atoms with Crippen LogP contribution < -0.4 is 10.5 Å². The number of benzene rings is 2. The van der Waals surface area contributed by atoms with Crippen molar-refractivity contribution in [1.29, 1.82) is 0 Å². The number of hydrogen-bond donors (Lipinski definition) is 1. The molecule has 2 N–H and O–H groups in total. The number of amidine groups is 1. The molecule has 3 rings (SSSR count). The van der Waals surface area contributed by atoms with E-state index in [1.165, 1.54) is 11.8 Å². The predicted molar refractivity (Wildman–Crippen MR) is 117 cm³/mol. The van der Waals surface area contributed by atoms with E-state index in [0.717, 1.165) is 17.7 Å². The van der Waals surface area contributed by atoms with Crippen molar-refractivity contribution in [3.05, 3.63) is 64.0 Å². The van der Waals surface area contributed by atoms with E-state index in [4.69, 9.17) is 22.1 Å². The van der Waals surface area contributed by atoms with Gasteiger partial charge >= 0.3 is 0 Å². The Morgan fingerprint density at radius 2 is 2.03 bits per heavy atom. The van der Waals surface area contributed by atoms with E-state index in [1.807, 2.05) is 37.3 Å². The third-order valence-corrected chi connectivity index (χ3v) is 5.24. The van der Waals surface area contributed by atoms with Gasteiger partial charge in [0, 0.05) is 6.54 Å². The molecule has 0 saturated carbocycles. The molecule has 0 unspecified atom stereocenters. The lowest BCUT2D eigenvalue weighted by molar-refractivity contribution is -0.122. The van der Waals surface area contributed by atoms with Gasteiger partial charge in [-0.15, -0.1) is 0 Å². The third kappa shape index (κ3) is 5.40. The van der Waals surface area contributed by atoms with E-state index < -0.39 is 5.91 Å². The lowest BCUT2D eigenvalue weighted by atomic mass is 10.2. The molecular formula is C21H20ClN3O3S. The normalized spacial score (nSPS) is 16.6. The van der Waals surface area contributed by atoms with Crippen LogP contribution >= 0.6 is 23.4 Å². The summed E-state index contributed by atoms with van der Waals surface area (Å²) < 4.78 is 5.25. The summed E-state index contributed by atoms with van der Waals surface area (Å²) in [5, 5.41) is 0.987. The summed E-state index contributed by atoms with van der Waals surface area (Å²) in [4.78, 5) is 30.6. The van der Waals surface area contributed by atoms with Crippen molar-refractivity contribution in [2.45, 2.75) is 13.3 Å². The van der Waals surface area contributed by atoms with E-state index >= 15 is 0 Å². The Labute approximate surface area is 178 Å². The van der Waals surface area contributed by atoms with E-state index in [1.54, 1.807) is 29.2 Å². The molecule has 0 spiro atoms. The topological polar surface area (TPSA) is 85.0 Å². The lowest BCUT2D eigenvalue weighted by Crippen LogP contribution is -2.29. The van der Waals surface area contributed by atoms with Crippen LogP contribution in [0.25, 0.3) is 6.08 Å². The molecule has 1 aliphatic rings. The van der Waals surface area contributed by atoms with Crippen LogP contribution in [-0.4, -0.2) is 35.0 Å². The van der Waals surface area contributed by atoms with Crippen molar-refractivity contribution < 1.29 is 14.3 Å². The van der Waals surface area contributed by atoms with Gasteiger partial charge in [-0.1, -0.05) is 42.8 Å². The first-order valence-corrected chi connectivity index (χ1v) is 10.2. The molecular weight excluding hydrogens is 410 g/mol. The molecule has 8 heteroatoms. The molecule has 2 aromatic carbocycles. The molecule has 29 heavy (non-hydrogen) atoms. The Kier molecular flexibility index (Phi) is 6.95. The van der Waals surface area contributed by atoms with Crippen LogP contribution in [0.1, 0.15) is 18.9 Å². The summed E-state index contributed by atoms with van der Waals surface area (Å²) >= 11 is 7.55. The largest absolute Gasteiger partial charge is 0.482 e. The van der Waals surface area contributed by atoms with Gasteiger partial charge in [-0.2, -0.15) is 0 Å². The van der Waals surface area contributed by atoms with E-state index in [0.29, 0.717) is 27.4 Å². The second-order valence-corrected chi connectivity index (χ2v) is 7.66. The van der Waals surface area contributed by atoms with Gasteiger partial charge in [-0.05, 0) is 54.1 Å². The number of nitrogens with zero attached hydrogens (tertiary/aromatic N) is 2. The standard InChI is InChI=1S/C21H20ClN3O3S/c1-2-10-25-20(27)18(29-21(25)24-15-6-4-3-5-7-15)12-14-8-9-17(16(22)11-14)28-13-19(23)26/h3-9,11-12H,2,10,13H2,1H3,(H2,23,26). The van der Waals surface area contributed by atoms with Gasteiger partial charge in [0.15, 0.2) is 11.8 Å². The Balaban J connectivity index is 1.85. The fourth-order valence-corrected chi connectivity index (χ4v) is 3.92. The van der Waals surface area contributed by atoms with Crippen molar-refractivity contribution in [2.24, 2.45) is 10.7 Å². The lowest BCUT2D eigenvalue weighted by Gasteiger charge is -2.13. The molecule has 2 amide bonds. The maximum absolute atomic E-state index is 12.9. The number of carbonyl (C=O) groups is 2. The average molecular weight is 430 g/mol. The van der Waals surface area contributed by atoms with Crippen LogP contribution in [0.4, 0.5) is 5.69 Å². The maximum Gasteiger partial charge on any atom is 0.266 e. The number of ether oxygens (including phenoxy) is 1. The van der Waals surface area contributed by atoms with E-state index in [2.05, 4.69) is 4.99 Å². The highest BCUT2D eigenvalue weighted by Gasteiger charge is 2.32. The van der Waals surface area contributed by atoms with Crippen LogP contribution in [0, 0.1) is 0 Å². The molecule has 6 nitrogen and oxygen atoms in total. The molecule has 1 heterocycles. The first-order valence-electron chi connectivity index (χ1n) is 9.03. The van der Waals surface area contributed by atoms with Gasteiger partial charge in [-0.3, -0.25) is 14.5 Å². The molecule has 0 radical (unpaired) electrons. The van der Waals surface area contributed by atoms with Crippen molar-refractivity contribution in [2.75, 3.05) is 13.2 Å². The fraction of sp³-hybridized carbons (Fsp3) is 0.190. The second-order valence-electron chi connectivity index (χ2n) is 6.24. The number of rotatable bonds is 7. The number of hydrogen-bond acceptors (Lipinski definition) is 5. The monoisotopic (exact) mass is 429 g/mol. The van der Waals surface area contributed by atoms with Crippen molar-refractivity contribution in [3.8, 4) is 5.75 Å². The number of carbonyl (C=O) groups excluding carboxylic acids is 2. The molecule has 2 aromatic rings. The number of amides is 2. The van der Waals surface area contributed by atoms with E-state index in [-0.39, 0.29) is 12.5 Å². The maximum atomic E-state index is 12.9. The van der Waals surface area contributed by atoms with Crippen molar-refractivity contribution in [1.82, 2.24) is 4.90 Å². The SMILES string of the molecule is CCCN1C(=O)C(=Cc2ccc(OCC(N)=O)c(Cl)c2)SC1=Nc1ccccc1. The molecule has 1 saturated heterocycles. The van der Waals surface area contributed by atoms with Gasteiger partial charge in [0.1, 0.15) is 5.75 Å². The highest BCUT2D eigenvalue weighted by Crippen LogP contribution is 2.35. The number of primary amides is 1. The number of nitrogens with two attached hydrogens (primary N) is 1. The van der Waals surface area contributed by atoms with Gasteiger partial charge in [0.05, 0.1) is 15.6 Å². The van der Waals surface area contributed by atoms with Crippen LogP contribution in [0.5, 0.6) is 5.75 Å². The summed E-state index contributed by atoms with van der Waals surface area (Å²) in [5.74, 6) is -0.310. The first-order chi connectivity index (χ1) is 14.0. The molecule has 150 valence electrons. The minimum atomic E-state index is -0.582. The van der Waals surface area contributed by atoms with Gasteiger partial charge in [0.2, 0.25) is 0 Å². The average Bonchev–Trinajstić information content (AvgIpc) is 2.97. The zero-order valence-corrected chi connectivity index (χ0v) is 17.4. The zero-order valence-electron chi connectivity index (χ0n) is 15.8. The van der Waals surface area contributed by atoms with E-state index in [9.17, 15) is 9.59 Å². The van der Waals surface area contributed by atoms with Crippen molar-refractivity contribution in [3.63, 3.8) is 0 Å². The summed E-state index contributed by atoms with van der Waals surface area (Å²) in [6.45, 7) is 2.36. The van der Waals surface area contributed by atoms with Gasteiger partial charge in [-0.25, -0.2) is 4.99 Å². The summed E-state index contributed by atoms with van der Waals surface area (Å²) in [5.41, 5.74) is 6.62. The molecule has 0 aliphatic carbocycles. The zero-order chi connectivity index (χ0) is 20.8. The first kappa shape index (κ1) is 21.0. The third-order valence-electron chi connectivity index (χ3n) is 3.94. The summed E-state index contributed by atoms with van der Waals surface area (Å²) in [7, 11) is 0. The number of aliphatic imine (C=N–C) groups is 1. The smallest absolute Gasteiger partial charge is 0.266 e. The van der Waals surface area contributed by atoms with Crippen LogP contribution in [0.15, 0.2) is 58.4 Å². The fourth-order valence-electron chi connectivity index (χ4n) is 2.65. The number of para-hydroxylation sites is 1. The van der Waals surface area contributed by atoms with Crippen LogP contribution in [-0.2, 0) is 9.59 Å². The summed E-state index contributed by atoms with van der Waals surface area (Å²) in [6.07, 6.45) is 2.60. The number of thioether (sulfide) groups is 1. The van der Waals surface area contributed by atoms with Crippen LogP contribution in [0.3, 0.4) is 0 Å². The van der Waals surface area contributed by atoms with Gasteiger partial charge < -0.3 is 10.5 Å². The Hall–Kier alpha value is -2.77. The number of halogens is 1. The predicted octanol–water partition coefficient (Wildman–Crippen LogP) is 4.22. The molecule has 1 fully saturated rings. The molecule has 1 aliphatic heterocycles. The molecule has 0 bridgehead atoms. The van der Waals surface area contributed by atoms with Crippen LogP contribution in [0.2, 0.25) is 5.02 Å². The Morgan fingerprint density at radius 3 is 2.69 bits per heavy atom. The minimum absolute atomic E-state index is 0.0864. The molecule has 0 atom stereocenters.